The Morgan fingerprint density at radius 3 is 2.85 bits per heavy atom. The van der Waals surface area contributed by atoms with E-state index in [1.807, 2.05) is 41.9 Å². The van der Waals surface area contributed by atoms with Gasteiger partial charge in [0.05, 0.1) is 17.1 Å². The van der Waals surface area contributed by atoms with Crippen molar-refractivity contribution in [2.24, 2.45) is 7.05 Å². The summed E-state index contributed by atoms with van der Waals surface area (Å²) in [5.41, 5.74) is 3.50. The Hall–Kier alpha value is -2.93. The topological polar surface area (TPSA) is 83.3 Å². The molecule has 4 rings (SSSR count). The number of anilines is 1. The number of carbonyl (C=O) groups excluding carboxylic acids is 1. The van der Waals surface area contributed by atoms with E-state index in [2.05, 4.69) is 15.2 Å². The number of carbonyl (C=O) groups is 1. The van der Waals surface area contributed by atoms with Crippen LogP contribution in [0.25, 0.3) is 11.0 Å². The lowest BCUT2D eigenvalue weighted by Gasteiger charge is -2.16. The largest absolute Gasteiger partial charge is 0.391 e. The SMILES string of the molecule is Cn1c(N2CC[C@H](O)C2)nc2cc(C(=O)NCCc3ccncc3)ccc21. The summed E-state index contributed by atoms with van der Waals surface area (Å²) in [4.78, 5) is 23.2. The standard InChI is InChI=1S/C20H23N5O2/c1-24-18-3-2-15(19(27)22-10-6-14-4-8-21-9-5-14)12-17(18)23-20(24)25-11-7-16(26)13-25/h2-5,8-9,12,16,26H,6-7,10-11,13H2,1H3,(H,22,27)/t16-/m0/s1. The lowest BCUT2D eigenvalue weighted by atomic mass is 10.1. The molecule has 7 heteroatoms. The van der Waals surface area contributed by atoms with Crippen LogP contribution in [0.4, 0.5) is 5.95 Å². The molecule has 1 amide bonds. The molecule has 2 N–H and O–H groups in total. The van der Waals surface area contributed by atoms with Crippen LogP contribution in [0, 0.1) is 0 Å². The van der Waals surface area contributed by atoms with E-state index in [1.165, 1.54) is 0 Å². The zero-order valence-corrected chi connectivity index (χ0v) is 15.3. The Balaban J connectivity index is 1.47. The number of pyridine rings is 1. The maximum absolute atomic E-state index is 12.5. The van der Waals surface area contributed by atoms with Gasteiger partial charge >= 0.3 is 0 Å². The minimum absolute atomic E-state index is 0.102. The quantitative estimate of drug-likeness (QED) is 0.716. The number of hydrogen-bond acceptors (Lipinski definition) is 5. The normalized spacial score (nSPS) is 16.8. The van der Waals surface area contributed by atoms with Crippen LogP contribution in [-0.4, -0.2) is 51.3 Å². The highest BCUT2D eigenvalue weighted by molar-refractivity contribution is 5.97. The number of rotatable bonds is 5. The van der Waals surface area contributed by atoms with Gasteiger partial charge in [0.15, 0.2) is 0 Å². The average Bonchev–Trinajstić information content (AvgIpc) is 3.25. The number of aliphatic hydroxyl groups is 1. The lowest BCUT2D eigenvalue weighted by molar-refractivity contribution is 0.0954. The van der Waals surface area contributed by atoms with E-state index in [1.54, 1.807) is 12.4 Å². The van der Waals surface area contributed by atoms with Crippen molar-refractivity contribution in [2.45, 2.75) is 18.9 Å². The van der Waals surface area contributed by atoms with Crippen LogP contribution < -0.4 is 10.2 Å². The van der Waals surface area contributed by atoms with E-state index in [9.17, 15) is 9.90 Å². The Morgan fingerprint density at radius 1 is 1.30 bits per heavy atom. The number of nitrogens with one attached hydrogen (secondary N) is 1. The van der Waals surface area contributed by atoms with E-state index in [-0.39, 0.29) is 12.0 Å². The number of β-amino-alcohol motifs (C(OH)–C–C–N with tert-alkyl or cyclic N) is 1. The fourth-order valence-corrected chi connectivity index (χ4v) is 3.51. The van der Waals surface area contributed by atoms with Gasteiger partial charge in [0.25, 0.3) is 5.91 Å². The van der Waals surface area contributed by atoms with Crippen molar-refractivity contribution in [3.63, 3.8) is 0 Å². The summed E-state index contributed by atoms with van der Waals surface area (Å²) in [6, 6.07) is 9.48. The fourth-order valence-electron chi connectivity index (χ4n) is 3.51. The van der Waals surface area contributed by atoms with Crippen molar-refractivity contribution in [1.82, 2.24) is 19.9 Å². The highest BCUT2D eigenvalue weighted by atomic mass is 16.3. The second-order valence-corrected chi connectivity index (χ2v) is 6.92. The van der Waals surface area contributed by atoms with Crippen molar-refractivity contribution < 1.29 is 9.90 Å². The van der Waals surface area contributed by atoms with Gasteiger partial charge in [-0.2, -0.15) is 0 Å². The summed E-state index contributed by atoms with van der Waals surface area (Å²) >= 11 is 0. The Kier molecular flexibility index (Phi) is 4.77. The molecule has 3 aromatic rings. The Morgan fingerprint density at radius 2 is 2.11 bits per heavy atom. The molecule has 1 aromatic carbocycles. The zero-order valence-electron chi connectivity index (χ0n) is 15.3. The summed E-state index contributed by atoms with van der Waals surface area (Å²) in [5.74, 6) is 0.728. The minimum Gasteiger partial charge on any atom is -0.391 e. The Bertz CT molecular complexity index is 954. The van der Waals surface area contributed by atoms with Crippen molar-refractivity contribution in [3.8, 4) is 0 Å². The van der Waals surface area contributed by atoms with E-state index < -0.39 is 0 Å². The molecule has 140 valence electrons. The predicted octanol–water partition coefficient (Wildman–Crippen LogP) is 1.51. The number of aryl methyl sites for hydroxylation is 1. The molecular weight excluding hydrogens is 342 g/mol. The number of aliphatic hydroxyl groups excluding tert-OH is 1. The van der Waals surface area contributed by atoms with Crippen LogP contribution in [0.15, 0.2) is 42.7 Å². The van der Waals surface area contributed by atoms with Gasteiger partial charge in [-0.15, -0.1) is 0 Å². The number of amides is 1. The van der Waals surface area contributed by atoms with E-state index in [4.69, 9.17) is 4.98 Å². The third-order valence-electron chi connectivity index (χ3n) is 5.01. The zero-order chi connectivity index (χ0) is 18.8. The first-order valence-corrected chi connectivity index (χ1v) is 9.18. The highest BCUT2D eigenvalue weighted by Gasteiger charge is 2.24. The molecule has 0 bridgehead atoms. The molecule has 0 aliphatic carbocycles. The second-order valence-electron chi connectivity index (χ2n) is 6.92. The van der Waals surface area contributed by atoms with Crippen LogP contribution in [-0.2, 0) is 13.5 Å². The first-order chi connectivity index (χ1) is 13.1. The van der Waals surface area contributed by atoms with Gasteiger partial charge in [-0.05, 0) is 48.7 Å². The molecule has 0 spiro atoms. The number of hydrogen-bond donors (Lipinski definition) is 2. The van der Waals surface area contributed by atoms with Crippen LogP contribution in [0.5, 0.6) is 0 Å². The number of fused-ring (bicyclic) bond motifs is 1. The molecule has 7 nitrogen and oxygen atoms in total. The van der Waals surface area contributed by atoms with Gasteiger partial charge in [-0.1, -0.05) is 0 Å². The molecule has 3 heterocycles. The first kappa shape index (κ1) is 17.5. The van der Waals surface area contributed by atoms with Crippen molar-refractivity contribution >= 4 is 22.9 Å². The Labute approximate surface area is 157 Å². The number of nitrogens with zero attached hydrogens (tertiary/aromatic N) is 4. The molecule has 27 heavy (non-hydrogen) atoms. The lowest BCUT2D eigenvalue weighted by Crippen LogP contribution is -2.25. The first-order valence-electron chi connectivity index (χ1n) is 9.18. The molecule has 1 aliphatic rings. The second kappa shape index (κ2) is 7.36. The minimum atomic E-state index is -0.299. The molecule has 0 saturated carbocycles. The molecular formula is C20H23N5O2. The van der Waals surface area contributed by atoms with E-state index >= 15 is 0 Å². The van der Waals surface area contributed by atoms with E-state index in [0.29, 0.717) is 18.7 Å². The van der Waals surface area contributed by atoms with E-state index in [0.717, 1.165) is 41.9 Å². The molecule has 2 aromatic heterocycles. The predicted molar refractivity (Wildman–Crippen MR) is 104 cm³/mol. The van der Waals surface area contributed by atoms with Gasteiger partial charge in [-0.25, -0.2) is 4.98 Å². The fraction of sp³-hybridized carbons (Fsp3) is 0.350. The summed E-state index contributed by atoms with van der Waals surface area (Å²) in [6.45, 7) is 1.96. The monoisotopic (exact) mass is 365 g/mol. The van der Waals surface area contributed by atoms with Gasteiger partial charge in [0.2, 0.25) is 5.95 Å². The maximum atomic E-state index is 12.5. The van der Waals surface area contributed by atoms with Gasteiger partial charge in [-0.3, -0.25) is 9.78 Å². The highest BCUT2D eigenvalue weighted by Crippen LogP contribution is 2.25. The van der Waals surface area contributed by atoms with Crippen LogP contribution in [0.1, 0.15) is 22.3 Å². The maximum Gasteiger partial charge on any atom is 0.251 e. The summed E-state index contributed by atoms with van der Waals surface area (Å²) in [5, 5.41) is 12.7. The van der Waals surface area contributed by atoms with Crippen LogP contribution in [0.2, 0.25) is 0 Å². The third-order valence-corrected chi connectivity index (χ3v) is 5.01. The summed E-state index contributed by atoms with van der Waals surface area (Å²) < 4.78 is 2.01. The molecule has 1 atom stereocenters. The van der Waals surface area contributed by atoms with Crippen LogP contribution in [0.3, 0.4) is 0 Å². The molecule has 0 radical (unpaired) electrons. The van der Waals surface area contributed by atoms with Crippen molar-refractivity contribution in [3.05, 3.63) is 53.9 Å². The summed E-state index contributed by atoms with van der Waals surface area (Å²) in [7, 11) is 1.96. The van der Waals surface area contributed by atoms with Gasteiger partial charge < -0.3 is 19.9 Å². The number of aromatic nitrogens is 3. The number of benzene rings is 1. The third kappa shape index (κ3) is 3.64. The summed E-state index contributed by atoms with van der Waals surface area (Å²) in [6.07, 6.45) is 4.73. The van der Waals surface area contributed by atoms with Gasteiger partial charge in [0.1, 0.15) is 0 Å². The smallest absolute Gasteiger partial charge is 0.251 e. The molecule has 1 aliphatic heterocycles. The van der Waals surface area contributed by atoms with Crippen molar-refractivity contribution in [2.75, 3.05) is 24.5 Å². The molecule has 1 saturated heterocycles. The van der Waals surface area contributed by atoms with Gasteiger partial charge in [0, 0.05) is 44.6 Å². The molecule has 0 unspecified atom stereocenters. The number of imidazole rings is 1. The van der Waals surface area contributed by atoms with Crippen LogP contribution >= 0.6 is 0 Å². The van der Waals surface area contributed by atoms with Crippen molar-refractivity contribution in [1.29, 1.82) is 0 Å². The average molecular weight is 365 g/mol. The molecule has 1 fully saturated rings.